The number of pyridine rings is 1. The monoisotopic (exact) mass is 373 g/mol. The number of nitrogens with one attached hydrogen (secondary N) is 1. The summed E-state index contributed by atoms with van der Waals surface area (Å²) in [5, 5.41) is 28.7. The first-order chi connectivity index (χ1) is 13.5. The summed E-state index contributed by atoms with van der Waals surface area (Å²) in [6.07, 6.45) is 4.92. The molecule has 3 heterocycles. The average molecular weight is 373 g/mol. The Balaban J connectivity index is 1.79. The summed E-state index contributed by atoms with van der Waals surface area (Å²) in [7, 11) is 0. The minimum absolute atomic E-state index is 0.292. The van der Waals surface area contributed by atoms with E-state index in [1.807, 2.05) is 28.9 Å². The molecule has 0 spiro atoms. The summed E-state index contributed by atoms with van der Waals surface area (Å²) in [6, 6.07) is 12.0. The Kier molecular flexibility index (Phi) is 3.40. The molecule has 1 atom stereocenters. The highest BCUT2D eigenvalue weighted by Gasteiger charge is 2.45. The van der Waals surface area contributed by atoms with E-state index in [2.05, 4.69) is 16.4 Å². The first-order valence-electron chi connectivity index (χ1n) is 9.37. The quantitative estimate of drug-likeness (QED) is 0.734. The van der Waals surface area contributed by atoms with Crippen LogP contribution in [-0.4, -0.2) is 25.8 Å². The number of benzene rings is 1. The number of hydrogen-bond donors (Lipinski definition) is 2. The molecule has 0 bridgehead atoms. The normalized spacial score (nSPS) is 22.4. The van der Waals surface area contributed by atoms with Crippen LogP contribution in [0.2, 0.25) is 0 Å². The van der Waals surface area contributed by atoms with Gasteiger partial charge in [-0.05, 0) is 38.3 Å². The van der Waals surface area contributed by atoms with Crippen LogP contribution in [0.3, 0.4) is 0 Å². The molecule has 5 rings (SSSR count). The molecule has 140 valence electrons. The van der Waals surface area contributed by atoms with Crippen molar-refractivity contribution in [2.45, 2.75) is 43.7 Å². The number of carbonyl (C=O) groups is 1. The van der Waals surface area contributed by atoms with Crippen LogP contribution in [-0.2, 0) is 15.9 Å². The molecule has 0 saturated heterocycles. The third-order valence-corrected chi connectivity index (χ3v) is 6.10. The molecule has 1 saturated carbocycles. The maximum absolute atomic E-state index is 12.2. The molecular weight excluding hydrogens is 354 g/mol. The fraction of sp³-hybridized carbons (Fsp3) is 0.333. The Hall–Kier alpha value is -3.24. The van der Waals surface area contributed by atoms with E-state index in [9.17, 15) is 15.2 Å². The Bertz CT molecular complexity index is 1170. The van der Waals surface area contributed by atoms with Crippen molar-refractivity contribution in [2.75, 3.05) is 5.32 Å². The van der Waals surface area contributed by atoms with Gasteiger partial charge in [-0.15, -0.1) is 0 Å². The van der Waals surface area contributed by atoms with Gasteiger partial charge in [0, 0.05) is 22.7 Å². The van der Waals surface area contributed by atoms with Crippen LogP contribution < -0.4 is 5.32 Å². The molecule has 2 aromatic heterocycles. The molecule has 2 aliphatic rings. The van der Waals surface area contributed by atoms with Gasteiger partial charge in [-0.25, -0.2) is 4.98 Å². The zero-order valence-electron chi connectivity index (χ0n) is 15.4. The molecule has 0 radical (unpaired) electrons. The highest BCUT2D eigenvalue weighted by molar-refractivity contribution is 6.07. The van der Waals surface area contributed by atoms with Gasteiger partial charge in [0.25, 0.3) is 5.91 Å². The maximum atomic E-state index is 12.2. The number of rotatable bonds is 3. The Morgan fingerprint density at radius 3 is 2.82 bits per heavy atom. The van der Waals surface area contributed by atoms with E-state index in [-0.39, 0.29) is 5.54 Å². The number of nitrogens with zero attached hydrogens (tertiary/aromatic N) is 4. The Labute approximate surface area is 161 Å². The lowest BCUT2D eigenvalue weighted by Gasteiger charge is -2.40. The van der Waals surface area contributed by atoms with Crippen LogP contribution in [0.4, 0.5) is 5.82 Å². The molecule has 7 nitrogen and oxygen atoms in total. The lowest BCUT2D eigenvalue weighted by Crippen LogP contribution is -2.41. The third-order valence-electron chi connectivity index (χ3n) is 6.10. The molecule has 2 N–H and O–H groups in total. The van der Waals surface area contributed by atoms with Gasteiger partial charge in [0.15, 0.2) is 5.60 Å². The topological polar surface area (TPSA) is 104 Å². The third kappa shape index (κ3) is 2.09. The van der Waals surface area contributed by atoms with E-state index in [1.54, 1.807) is 12.3 Å². The summed E-state index contributed by atoms with van der Waals surface area (Å²) < 4.78 is 1.98. The number of fused-ring (bicyclic) bond motifs is 2. The predicted octanol–water partition coefficient (Wildman–Crippen LogP) is 3.05. The lowest BCUT2D eigenvalue weighted by molar-refractivity contribution is -0.131. The van der Waals surface area contributed by atoms with Gasteiger partial charge in [-0.3, -0.25) is 9.48 Å². The first-order valence-corrected chi connectivity index (χ1v) is 9.37. The number of amides is 1. The highest BCUT2D eigenvalue weighted by atomic mass is 16.3. The standard InChI is InChI=1S/C21H19N5O2/c1-20(28)16-14(7-12-23-18(16)24-19(20)27)17-13-5-2-3-6-15(13)26(25-17)21(10-11-22)8-4-9-21/h2-3,5-7,12,28H,4,8-10H2,1H3,(H,23,24,27). The number of nitriles is 1. The van der Waals surface area contributed by atoms with E-state index in [0.717, 1.165) is 30.2 Å². The average Bonchev–Trinajstić information content (AvgIpc) is 3.14. The zero-order chi connectivity index (χ0) is 19.5. The van der Waals surface area contributed by atoms with Gasteiger partial charge in [0.2, 0.25) is 0 Å². The second kappa shape index (κ2) is 5.63. The van der Waals surface area contributed by atoms with E-state index >= 15 is 0 Å². The molecule has 3 aromatic rings. The molecular formula is C21H19N5O2. The van der Waals surface area contributed by atoms with Crippen LogP contribution in [0.15, 0.2) is 36.5 Å². The van der Waals surface area contributed by atoms with Crippen molar-refractivity contribution in [3.63, 3.8) is 0 Å². The number of para-hydroxylation sites is 1. The number of anilines is 1. The van der Waals surface area contributed by atoms with Crippen molar-refractivity contribution in [1.82, 2.24) is 14.8 Å². The summed E-state index contributed by atoms with van der Waals surface area (Å²) in [6.45, 7) is 1.47. The van der Waals surface area contributed by atoms with Crippen LogP contribution in [0.5, 0.6) is 0 Å². The summed E-state index contributed by atoms with van der Waals surface area (Å²) >= 11 is 0. The van der Waals surface area contributed by atoms with Crippen molar-refractivity contribution in [3.05, 3.63) is 42.1 Å². The van der Waals surface area contributed by atoms with Crippen LogP contribution >= 0.6 is 0 Å². The van der Waals surface area contributed by atoms with Gasteiger partial charge >= 0.3 is 0 Å². The van der Waals surface area contributed by atoms with Crippen molar-refractivity contribution < 1.29 is 9.90 Å². The molecule has 1 aliphatic heterocycles. The minimum Gasteiger partial charge on any atom is -0.375 e. The first kappa shape index (κ1) is 16.9. The molecule has 1 aromatic carbocycles. The summed E-state index contributed by atoms with van der Waals surface area (Å²) in [5.41, 5.74) is 0.794. The van der Waals surface area contributed by atoms with Crippen molar-refractivity contribution in [1.29, 1.82) is 5.26 Å². The molecule has 1 fully saturated rings. The zero-order valence-corrected chi connectivity index (χ0v) is 15.4. The maximum Gasteiger partial charge on any atom is 0.262 e. The molecule has 1 unspecified atom stereocenters. The van der Waals surface area contributed by atoms with Gasteiger partial charge in [0.1, 0.15) is 11.5 Å². The van der Waals surface area contributed by atoms with Crippen molar-refractivity contribution in [2.24, 2.45) is 0 Å². The van der Waals surface area contributed by atoms with E-state index in [4.69, 9.17) is 5.10 Å². The van der Waals surface area contributed by atoms with Crippen LogP contribution in [0.25, 0.3) is 22.2 Å². The van der Waals surface area contributed by atoms with Gasteiger partial charge in [-0.2, -0.15) is 10.4 Å². The van der Waals surface area contributed by atoms with E-state index in [0.29, 0.717) is 29.1 Å². The van der Waals surface area contributed by atoms with E-state index in [1.165, 1.54) is 6.92 Å². The van der Waals surface area contributed by atoms with Crippen LogP contribution in [0.1, 0.15) is 38.2 Å². The molecule has 1 aliphatic carbocycles. The Morgan fingerprint density at radius 2 is 2.11 bits per heavy atom. The highest BCUT2D eigenvalue weighted by Crippen LogP contribution is 2.46. The van der Waals surface area contributed by atoms with Gasteiger partial charge in [-0.1, -0.05) is 18.2 Å². The Morgan fingerprint density at radius 1 is 1.32 bits per heavy atom. The second-order valence-corrected chi connectivity index (χ2v) is 7.80. The largest absolute Gasteiger partial charge is 0.375 e. The van der Waals surface area contributed by atoms with Gasteiger partial charge in [0.05, 0.1) is 23.5 Å². The molecule has 1 amide bonds. The predicted molar refractivity (Wildman–Crippen MR) is 103 cm³/mol. The number of carbonyl (C=O) groups excluding carboxylic acids is 1. The fourth-order valence-corrected chi connectivity index (χ4v) is 4.41. The lowest BCUT2D eigenvalue weighted by atomic mass is 9.74. The number of hydrogen-bond acceptors (Lipinski definition) is 5. The minimum atomic E-state index is -1.68. The van der Waals surface area contributed by atoms with Crippen molar-refractivity contribution >= 4 is 22.6 Å². The molecule has 7 heteroatoms. The molecule has 28 heavy (non-hydrogen) atoms. The number of aliphatic hydroxyl groups is 1. The van der Waals surface area contributed by atoms with Gasteiger partial charge < -0.3 is 10.4 Å². The summed E-state index contributed by atoms with van der Waals surface area (Å²) in [4.78, 5) is 16.5. The fourth-order valence-electron chi connectivity index (χ4n) is 4.41. The van der Waals surface area contributed by atoms with E-state index < -0.39 is 11.5 Å². The summed E-state index contributed by atoms with van der Waals surface area (Å²) in [5.74, 6) is -0.132. The second-order valence-electron chi connectivity index (χ2n) is 7.80. The van der Waals surface area contributed by atoms with Crippen molar-refractivity contribution in [3.8, 4) is 17.3 Å². The smallest absolute Gasteiger partial charge is 0.262 e. The van der Waals surface area contributed by atoms with Crippen LogP contribution in [0, 0.1) is 11.3 Å². The number of aromatic nitrogens is 3. The SMILES string of the molecule is CC1(O)C(=O)Nc2nccc(-c3nn(C4(CC#N)CCC4)c4ccccc34)c21.